The number of esters is 1. The first-order chi connectivity index (χ1) is 17.6. The number of nitrogens with one attached hydrogen (secondary N) is 1. The van der Waals surface area contributed by atoms with Crippen molar-refractivity contribution in [3.05, 3.63) is 83.7 Å². The van der Waals surface area contributed by atoms with Gasteiger partial charge in [-0.3, -0.25) is 9.97 Å². The minimum atomic E-state index is -3.82. The number of imidazole rings is 1. The van der Waals surface area contributed by atoms with E-state index in [0.29, 0.717) is 18.4 Å². The van der Waals surface area contributed by atoms with Crippen LogP contribution in [0.1, 0.15) is 47.7 Å². The monoisotopic (exact) mass is 521 g/mol. The molecule has 1 atom stereocenters. The van der Waals surface area contributed by atoms with Crippen molar-refractivity contribution < 1.29 is 17.9 Å². The van der Waals surface area contributed by atoms with E-state index in [9.17, 15) is 13.2 Å². The number of hydrogen-bond donors (Lipinski definition) is 1. The Labute approximate surface area is 217 Å². The Morgan fingerprint density at radius 3 is 2.54 bits per heavy atom. The first-order valence-electron chi connectivity index (χ1n) is 12.1. The Bertz CT molecular complexity index is 1470. The lowest BCUT2D eigenvalue weighted by Crippen LogP contribution is -2.41. The number of fused-ring (bicyclic) bond motifs is 1. The number of nitrogens with zero attached hydrogens (tertiary/aromatic N) is 4. The summed E-state index contributed by atoms with van der Waals surface area (Å²) < 4.78 is 33.7. The van der Waals surface area contributed by atoms with Crippen molar-refractivity contribution in [1.29, 1.82) is 0 Å². The number of hydrogen-bond acceptors (Lipinski definition) is 7. The maximum absolute atomic E-state index is 13.5. The standard InChI is InChI=1S/C27H31N5O4S/c1-18(2)14-22(17-36-27(33)21-6-5-12-28-16-21)32(4)37(34,35)23-9-7-20(8-10-23)15-25-26-24(11-13-29-25)30-19(3)31-26/h5-13,16,18,22H,14-15,17H2,1-4H3,(H,30,31)/t22-/m0/s1. The molecule has 4 rings (SSSR count). The van der Waals surface area contributed by atoms with Gasteiger partial charge in [0.05, 0.1) is 27.7 Å². The summed E-state index contributed by atoms with van der Waals surface area (Å²) in [6.45, 7) is 5.84. The summed E-state index contributed by atoms with van der Waals surface area (Å²) >= 11 is 0. The Balaban J connectivity index is 1.49. The van der Waals surface area contributed by atoms with Gasteiger partial charge in [0.15, 0.2) is 0 Å². The average Bonchev–Trinajstić information content (AvgIpc) is 3.28. The largest absolute Gasteiger partial charge is 0.460 e. The zero-order valence-electron chi connectivity index (χ0n) is 21.4. The number of likely N-dealkylation sites (N-methyl/N-ethyl adjacent to an activating group) is 1. The Morgan fingerprint density at radius 1 is 1.11 bits per heavy atom. The van der Waals surface area contributed by atoms with Crippen LogP contribution in [-0.2, 0) is 21.2 Å². The topological polar surface area (TPSA) is 118 Å². The zero-order chi connectivity index (χ0) is 26.6. The van der Waals surface area contributed by atoms with Crippen LogP contribution in [0.2, 0.25) is 0 Å². The molecular formula is C27H31N5O4S. The lowest BCUT2D eigenvalue weighted by molar-refractivity contribution is 0.0415. The van der Waals surface area contributed by atoms with Crippen molar-refractivity contribution in [1.82, 2.24) is 24.2 Å². The number of H-pyrrole nitrogens is 1. The minimum Gasteiger partial charge on any atom is -0.460 e. The average molecular weight is 522 g/mol. The number of aryl methyl sites for hydroxylation is 1. The molecule has 3 aromatic heterocycles. The van der Waals surface area contributed by atoms with Crippen LogP contribution >= 0.6 is 0 Å². The second kappa shape index (κ2) is 11.2. The van der Waals surface area contributed by atoms with Crippen molar-refractivity contribution in [2.75, 3.05) is 13.7 Å². The van der Waals surface area contributed by atoms with E-state index in [-0.39, 0.29) is 17.4 Å². The predicted molar refractivity (Wildman–Crippen MR) is 141 cm³/mol. The first kappa shape index (κ1) is 26.4. The Morgan fingerprint density at radius 2 is 1.86 bits per heavy atom. The number of benzene rings is 1. The summed E-state index contributed by atoms with van der Waals surface area (Å²) in [6, 6.07) is 11.4. The number of rotatable bonds is 10. The molecule has 1 aromatic carbocycles. The maximum atomic E-state index is 13.5. The molecule has 0 saturated heterocycles. The van der Waals surface area contributed by atoms with Crippen molar-refractivity contribution in [3.8, 4) is 0 Å². The van der Waals surface area contributed by atoms with Gasteiger partial charge in [-0.05, 0) is 55.2 Å². The molecule has 10 heteroatoms. The second-order valence-electron chi connectivity index (χ2n) is 9.44. The molecule has 0 radical (unpaired) electrons. The molecule has 0 fully saturated rings. The van der Waals surface area contributed by atoms with Crippen LogP contribution in [0.15, 0.2) is 66.0 Å². The number of carbonyl (C=O) groups is 1. The third kappa shape index (κ3) is 6.20. The van der Waals surface area contributed by atoms with Crippen LogP contribution < -0.4 is 0 Å². The van der Waals surface area contributed by atoms with E-state index in [1.165, 1.54) is 17.5 Å². The molecular weight excluding hydrogens is 490 g/mol. The highest BCUT2D eigenvalue weighted by Crippen LogP contribution is 2.23. The highest BCUT2D eigenvalue weighted by atomic mass is 32.2. The third-order valence-corrected chi connectivity index (χ3v) is 8.05. The van der Waals surface area contributed by atoms with Crippen LogP contribution in [0.3, 0.4) is 0 Å². The fraction of sp³-hybridized carbons (Fsp3) is 0.333. The van der Waals surface area contributed by atoms with Gasteiger partial charge in [0.1, 0.15) is 17.9 Å². The molecule has 0 aliphatic rings. The fourth-order valence-electron chi connectivity index (χ4n) is 4.18. The SMILES string of the molecule is Cc1nc2c(Cc3ccc(S(=O)(=O)N(C)[C@H](COC(=O)c4cccnc4)CC(C)C)cc3)nccc2[nH]1. The van der Waals surface area contributed by atoms with Gasteiger partial charge in [-0.15, -0.1) is 0 Å². The van der Waals surface area contributed by atoms with Crippen LogP contribution in [0.4, 0.5) is 0 Å². The van der Waals surface area contributed by atoms with Crippen molar-refractivity contribution in [2.45, 2.75) is 44.6 Å². The molecule has 0 amide bonds. The van der Waals surface area contributed by atoms with E-state index >= 15 is 0 Å². The minimum absolute atomic E-state index is 0.0571. The maximum Gasteiger partial charge on any atom is 0.339 e. The van der Waals surface area contributed by atoms with Gasteiger partial charge in [-0.25, -0.2) is 18.2 Å². The molecule has 0 unspecified atom stereocenters. The summed E-state index contributed by atoms with van der Waals surface area (Å²) in [4.78, 5) is 28.7. The number of sulfonamides is 1. The van der Waals surface area contributed by atoms with Gasteiger partial charge in [-0.1, -0.05) is 26.0 Å². The Kier molecular flexibility index (Phi) is 7.99. The molecule has 9 nitrogen and oxygen atoms in total. The predicted octanol–water partition coefficient (Wildman–Crippen LogP) is 4.14. The number of aromatic nitrogens is 4. The summed E-state index contributed by atoms with van der Waals surface area (Å²) in [5.41, 5.74) is 3.80. The van der Waals surface area contributed by atoms with Crippen LogP contribution in [0.5, 0.6) is 0 Å². The quantitative estimate of drug-likeness (QED) is 0.312. The smallest absolute Gasteiger partial charge is 0.339 e. The van der Waals surface area contributed by atoms with E-state index in [1.807, 2.05) is 26.8 Å². The highest BCUT2D eigenvalue weighted by Gasteiger charge is 2.30. The zero-order valence-corrected chi connectivity index (χ0v) is 22.2. The molecule has 0 spiro atoms. The fourth-order valence-corrected chi connectivity index (χ4v) is 5.53. The molecule has 0 aliphatic heterocycles. The summed E-state index contributed by atoms with van der Waals surface area (Å²) in [5, 5.41) is 0. The van der Waals surface area contributed by atoms with Gasteiger partial charge in [-0.2, -0.15) is 4.31 Å². The second-order valence-corrected chi connectivity index (χ2v) is 11.4. The van der Waals surface area contributed by atoms with Crippen molar-refractivity contribution >= 4 is 27.0 Å². The molecule has 194 valence electrons. The van der Waals surface area contributed by atoms with Gasteiger partial charge >= 0.3 is 5.97 Å². The normalized spacial score (nSPS) is 12.8. The van der Waals surface area contributed by atoms with E-state index in [0.717, 1.165) is 28.1 Å². The lowest BCUT2D eigenvalue weighted by Gasteiger charge is -2.28. The van der Waals surface area contributed by atoms with Gasteiger partial charge in [0, 0.05) is 32.1 Å². The molecule has 37 heavy (non-hydrogen) atoms. The molecule has 0 aliphatic carbocycles. The van der Waals surface area contributed by atoms with E-state index in [2.05, 4.69) is 19.9 Å². The Hall–Kier alpha value is -3.63. The molecule has 0 bridgehead atoms. The van der Waals surface area contributed by atoms with Crippen molar-refractivity contribution in [3.63, 3.8) is 0 Å². The summed E-state index contributed by atoms with van der Waals surface area (Å²) in [6.07, 6.45) is 5.79. The summed E-state index contributed by atoms with van der Waals surface area (Å²) in [7, 11) is -2.29. The van der Waals surface area contributed by atoms with Crippen molar-refractivity contribution in [2.24, 2.45) is 5.92 Å². The van der Waals surface area contributed by atoms with E-state index in [1.54, 1.807) is 48.8 Å². The highest BCUT2D eigenvalue weighted by molar-refractivity contribution is 7.89. The van der Waals surface area contributed by atoms with E-state index in [4.69, 9.17) is 4.74 Å². The lowest BCUT2D eigenvalue weighted by atomic mass is 10.0. The van der Waals surface area contributed by atoms with Crippen LogP contribution in [-0.4, -0.2) is 58.3 Å². The van der Waals surface area contributed by atoms with Gasteiger partial charge in [0.25, 0.3) is 0 Å². The van der Waals surface area contributed by atoms with E-state index < -0.39 is 22.0 Å². The number of carbonyl (C=O) groups excluding carboxylic acids is 1. The molecule has 0 saturated carbocycles. The molecule has 4 aromatic rings. The van der Waals surface area contributed by atoms with Crippen LogP contribution in [0.25, 0.3) is 11.0 Å². The van der Waals surface area contributed by atoms with Crippen LogP contribution in [0, 0.1) is 12.8 Å². The first-order valence-corrected chi connectivity index (χ1v) is 13.5. The molecule has 1 N–H and O–H groups in total. The number of aromatic amines is 1. The van der Waals surface area contributed by atoms with Gasteiger partial charge < -0.3 is 9.72 Å². The number of pyridine rings is 2. The summed E-state index contributed by atoms with van der Waals surface area (Å²) in [5.74, 6) is 0.478. The number of ether oxygens (including phenoxy) is 1. The van der Waals surface area contributed by atoms with Gasteiger partial charge in [0.2, 0.25) is 10.0 Å². The molecule has 3 heterocycles. The third-order valence-electron chi connectivity index (χ3n) is 6.13.